The van der Waals surface area contributed by atoms with Gasteiger partial charge in [-0.25, -0.2) is 4.98 Å². The second-order valence-corrected chi connectivity index (χ2v) is 4.01. The summed E-state index contributed by atoms with van der Waals surface area (Å²) < 4.78 is 2.91. The average molecular weight is 253 g/mol. The van der Waals surface area contributed by atoms with Gasteiger partial charge < -0.3 is 9.36 Å². The summed E-state index contributed by atoms with van der Waals surface area (Å²) in [4.78, 5) is 14.6. The number of fused-ring (bicyclic) bond motifs is 1. The van der Waals surface area contributed by atoms with Crippen molar-refractivity contribution in [2.75, 3.05) is 0 Å². The molecule has 0 N–H and O–H groups in total. The number of hydrogen-bond donors (Lipinski definition) is 0. The highest BCUT2D eigenvalue weighted by Crippen LogP contribution is 2.23. The van der Waals surface area contributed by atoms with Gasteiger partial charge in [-0.15, -0.1) is 0 Å². The van der Waals surface area contributed by atoms with E-state index in [1.165, 1.54) is 0 Å². The van der Waals surface area contributed by atoms with Gasteiger partial charge in [-0.05, 0) is 17.7 Å². The van der Waals surface area contributed by atoms with E-state index in [1.807, 2.05) is 23.7 Å². The Hall–Kier alpha value is -1.16. The summed E-state index contributed by atoms with van der Waals surface area (Å²) in [6.45, 7) is 0. The number of rotatable bonds is 2. The van der Waals surface area contributed by atoms with Crippen LogP contribution in [0.3, 0.4) is 0 Å². The molecule has 1 heterocycles. The summed E-state index contributed by atoms with van der Waals surface area (Å²) >= 11 is 3.44. The topological polar surface area (TPSA) is 34.9 Å². The molecule has 14 heavy (non-hydrogen) atoms. The zero-order valence-corrected chi connectivity index (χ0v) is 9.28. The molecular formula is C10H9BrN2O. The van der Waals surface area contributed by atoms with E-state index in [-0.39, 0.29) is 0 Å². The molecular weight excluding hydrogens is 244 g/mol. The van der Waals surface area contributed by atoms with Crippen molar-refractivity contribution in [2.24, 2.45) is 7.05 Å². The zero-order chi connectivity index (χ0) is 10.1. The monoisotopic (exact) mass is 252 g/mol. The first kappa shape index (κ1) is 9.40. The summed E-state index contributed by atoms with van der Waals surface area (Å²) in [5, 5.41) is 0. The van der Waals surface area contributed by atoms with Crippen molar-refractivity contribution in [3.8, 4) is 0 Å². The number of aromatic nitrogens is 2. The van der Waals surface area contributed by atoms with Crippen LogP contribution in [0.25, 0.3) is 11.0 Å². The van der Waals surface area contributed by atoms with Crippen LogP contribution in [0.1, 0.15) is 5.56 Å². The van der Waals surface area contributed by atoms with Crippen molar-refractivity contribution in [1.82, 2.24) is 9.55 Å². The van der Waals surface area contributed by atoms with Gasteiger partial charge >= 0.3 is 0 Å². The number of halogens is 1. The van der Waals surface area contributed by atoms with Gasteiger partial charge in [-0.2, -0.15) is 0 Å². The maximum Gasteiger partial charge on any atom is 0.124 e. The van der Waals surface area contributed by atoms with Gasteiger partial charge in [0.05, 0.1) is 17.4 Å². The second kappa shape index (κ2) is 3.53. The lowest BCUT2D eigenvalue weighted by Gasteiger charge is -2.01. The number of nitrogens with zero attached hydrogens (tertiary/aromatic N) is 2. The SMILES string of the molecule is Cn1cnc2cc(CC=O)c(Br)cc21. The van der Waals surface area contributed by atoms with E-state index < -0.39 is 0 Å². The Morgan fingerprint density at radius 2 is 2.36 bits per heavy atom. The fourth-order valence-corrected chi connectivity index (χ4v) is 1.93. The van der Waals surface area contributed by atoms with E-state index in [4.69, 9.17) is 0 Å². The van der Waals surface area contributed by atoms with E-state index in [1.54, 1.807) is 6.33 Å². The number of carbonyl (C=O) groups excluding carboxylic acids is 1. The van der Waals surface area contributed by atoms with Crippen LogP contribution >= 0.6 is 15.9 Å². The molecule has 1 aromatic heterocycles. The normalized spacial score (nSPS) is 10.7. The van der Waals surface area contributed by atoms with Crippen molar-refractivity contribution >= 4 is 33.2 Å². The third-order valence-electron chi connectivity index (χ3n) is 2.20. The summed E-state index contributed by atoms with van der Waals surface area (Å²) in [5.74, 6) is 0. The molecule has 4 heteroatoms. The number of aldehydes is 1. The third-order valence-corrected chi connectivity index (χ3v) is 2.94. The lowest BCUT2D eigenvalue weighted by atomic mass is 10.1. The van der Waals surface area contributed by atoms with Crippen LogP contribution in [0.5, 0.6) is 0 Å². The Kier molecular flexibility index (Phi) is 2.37. The van der Waals surface area contributed by atoms with Gasteiger partial charge in [0.2, 0.25) is 0 Å². The first-order valence-electron chi connectivity index (χ1n) is 4.25. The molecule has 0 saturated heterocycles. The molecule has 0 unspecified atom stereocenters. The number of benzene rings is 1. The minimum Gasteiger partial charge on any atom is -0.334 e. The first-order chi connectivity index (χ1) is 6.72. The van der Waals surface area contributed by atoms with Gasteiger partial charge in [0.1, 0.15) is 6.29 Å². The highest BCUT2D eigenvalue weighted by Gasteiger charge is 2.05. The fourth-order valence-electron chi connectivity index (χ4n) is 1.44. The molecule has 0 aliphatic rings. The van der Waals surface area contributed by atoms with Crippen LogP contribution in [0, 0.1) is 0 Å². The van der Waals surface area contributed by atoms with E-state index in [2.05, 4.69) is 20.9 Å². The minimum atomic E-state index is 0.424. The van der Waals surface area contributed by atoms with E-state index >= 15 is 0 Å². The lowest BCUT2D eigenvalue weighted by Crippen LogP contribution is -1.89. The molecule has 0 bridgehead atoms. The van der Waals surface area contributed by atoms with Gasteiger partial charge in [0, 0.05) is 17.9 Å². The molecule has 0 aliphatic carbocycles. The molecule has 0 saturated carbocycles. The standard InChI is InChI=1S/C10H9BrN2O/c1-13-6-12-9-4-7(2-3-14)8(11)5-10(9)13/h3-6H,2H2,1H3. The van der Waals surface area contributed by atoms with Crippen molar-refractivity contribution in [3.05, 3.63) is 28.5 Å². The molecule has 72 valence electrons. The summed E-state index contributed by atoms with van der Waals surface area (Å²) in [5.41, 5.74) is 2.96. The van der Waals surface area contributed by atoms with Crippen molar-refractivity contribution in [1.29, 1.82) is 0 Å². The van der Waals surface area contributed by atoms with Crippen molar-refractivity contribution in [2.45, 2.75) is 6.42 Å². The van der Waals surface area contributed by atoms with Gasteiger partial charge in [-0.1, -0.05) is 15.9 Å². The smallest absolute Gasteiger partial charge is 0.124 e. The highest BCUT2D eigenvalue weighted by molar-refractivity contribution is 9.10. The Labute approximate surface area is 89.9 Å². The van der Waals surface area contributed by atoms with Crippen LogP contribution in [-0.4, -0.2) is 15.8 Å². The largest absolute Gasteiger partial charge is 0.334 e. The van der Waals surface area contributed by atoms with Crippen LogP contribution in [0.4, 0.5) is 0 Å². The summed E-state index contributed by atoms with van der Waals surface area (Å²) in [7, 11) is 1.95. The Morgan fingerprint density at radius 1 is 1.57 bits per heavy atom. The molecule has 1 aromatic carbocycles. The molecule has 0 amide bonds. The lowest BCUT2D eigenvalue weighted by molar-refractivity contribution is -0.107. The quantitative estimate of drug-likeness (QED) is 0.768. The van der Waals surface area contributed by atoms with Crippen LogP contribution in [0.2, 0.25) is 0 Å². The molecule has 2 aromatic rings. The molecule has 0 fully saturated rings. The van der Waals surface area contributed by atoms with E-state index in [0.29, 0.717) is 6.42 Å². The van der Waals surface area contributed by atoms with Gasteiger partial charge in [0.25, 0.3) is 0 Å². The third kappa shape index (κ3) is 1.46. The number of imidazole rings is 1. The average Bonchev–Trinajstić information content (AvgIpc) is 2.50. The highest BCUT2D eigenvalue weighted by atomic mass is 79.9. The number of carbonyl (C=O) groups is 1. The van der Waals surface area contributed by atoms with Crippen LogP contribution < -0.4 is 0 Å². The Morgan fingerprint density at radius 3 is 3.07 bits per heavy atom. The molecule has 2 rings (SSSR count). The molecule has 0 radical (unpaired) electrons. The second-order valence-electron chi connectivity index (χ2n) is 3.16. The van der Waals surface area contributed by atoms with E-state index in [0.717, 1.165) is 27.4 Å². The number of hydrogen-bond acceptors (Lipinski definition) is 2. The Bertz CT molecular complexity index is 490. The first-order valence-corrected chi connectivity index (χ1v) is 5.05. The zero-order valence-electron chi connectivity index (χ0n) is 7.70. The van der Waals surface area contributed by atoms with Crippen molar-refractivity contribution < 1.29 is 4.79 Å². The molecule has 3 nitrogen and oxygen atoms in total. The molecule has 0 spiro atoms. The maximum atomic E-state index is 10.4. The summed E-state index contributed by atoms with van der Waals surface area (Å²) in [6, 6.07) is 3.93. The maximum absolute atomic E-state index is 10.4. The van der Waals surface area contributed by atoms with Crippen molar-refractivity contribution in [3.63, 3.8) is 0 Å². The fraction of sp³-hybridized carbons (Fsp3) is 0.200. The van der Waals surface area contributed by atoms with E-state index in [9.17, 15) is 4.79 Å². The Balaban J connectivity index is 2.66. The van der Waals surface area contributed by atoms with Gasteiger partial charge in [0.15, 0.2) is 0 Å². The summed E-state index contributed by atoms with van der Waals surface area (Å²) in [6.07, 6.45) is 3.09. The predicted octanol–water partition coefficient (Wildman–Crippen LogP) is 2.08. The van der Waals surface area contributed by atoms with Crippen LogP contribution in [-0.2, 0) is 18.3 Å². The molecule has 0 atom stereocenters. The number of aryl methyl sites for hydroxylation is 1. The van der Waals surface area contributed by atoms with Crippen LogP contribution in [0.15, 0.2) is 22.9 Å². The minimum absolute atomic E-state index is 0.424. The molecule has 0 aliphatic heterocycles. The predicted molar refractivity (Wildman–Crippen MR) is 58.2 cm³/mol. The van der Waals surface area contributed by atoms with Gasteiger partial charge in [-0.3, -0.25) is 0 Å².